The van der Waals surface area contributed by atoms with Gasteiger partial charge in [0.25, 0.3) is 11.5 Å². The number of aromatic nitrogens is 3. The molecule has 11 heteroatoms. The zero-order valence-corrected chi connectivity index (χ0v) is 22.1. The molecular weight excluding hydrogens is 512 g/mol. The van der Waals surface area contributed by atoms with Gasteiger partial charge in [0.15, 0.2) is 5.65 Å². The standard InChI is InChI=1S/C29H28N6O5/c1-18-24-11-12-25(37)35(26(24)32-29(31-18)34-15-13-33(14-16-34)19(2)36)23-9-7-21(8-10-23)27(38)30-17-20-3-5-22(6-4-20)28(39)40/h3-12H,13-17H2,1-2H3,(H,30,38)(H,39,40). The number of piperazine rings is 1. The van der Waals surface area contributed by atoms with Gasteiger partial charge in [-0.1, -0.05) is 12.1 Å². The molecule has 0 saturated carbocycles. The van der Waals surface area contributed by atoms with E-state index in [2.05, 4.69) is 10.3 Å². The molecule has 1 fully saturated rings. The van der Waals surface area contributed by atoms with Crippen LogP contribution in [0.4, 0.5) is 5.95 Å². The number of carboxylic acids is 1. The van der Waals surface area contributed by atoms with Crippen LogP contribution in [0.3, 0.4) is 0 Å². The molecule has 0 bridgehead atoms. The molecule has 2 N–H and O–H groups in total. The number of pyridine rings is 1. The van der Waals surface area contributed by atoms with Gasteiger partial charge in [0.05, 0.1) is 16.9 Å². The van der Waals surface area contributed by atoms with Crippen molar-refractivity contribution in [3.8, 4) is 5.69 Å². The van der Waals surface area contributed by atoms with Crippen LogP contribution in [0.5, 0.6) is 0 Å². The van der Waals surface area contributed by atoms with Crippen LogP contribution in [0.25, 0.3) is 16.7 Å². The molecule has 204 valence electrons. The smallest absolute Gasteiger partial charge is 0.335 e. The number of carboxylic acid groups (broad SMARTS) is 1. The summed E-state index contributed by atoms with van der Waals surface area (Å²) in [5.74, 6) is -0.772. The van der Waals surface area contributed by atoms with E-state index >= 15 is 0 Å². The van der Waals surface area contributed by atoms with Gasteiger partial charge in [0, 0.05) is 56.7 Å². The van der Waals surface area contributed by atoms with Gasteiger partial charge in [-0.25, -0.2) is 9.78 Å². The molecule has 3 heterocycles. The first-order chi connectivity index (χ1) is 19.2. The van der Waals surface area contributed by atoms with Crippen LogP contribution in [-0.4, -0.2) is 68.5 Å². The normalized spacial score (nSPS) is 13.3. The fourth-order valence-electron chi connectivity index (χ4n) is 4.67. The zero-order valence-electron chi connectivity index (χ0n) is 22.1. The average molecular weight is 541 g/mol. The summed E-state index contributed by atoms with van der Waals surface area (Å²) in [7, 11) is 0. The van der Waals surface area contributed by atoms with Gasteiger partial charge in [0.1, 0.15) is 0 Å². The summed E-state index contributed by atoms with van der Waals surface area (Å²) in [5.41, 5.74) is 2.85. The van der Waals surface area contributed by atoms with Gasteiger partial charge in [-0.3, -0.25) is 19.0 Å². The molecule has 0 spiro atoms. The van der Waals surface area contributed by atoms with E-state index in [0.717, 1.165) is 16.6 Å². The van der Waals surface area contributed by atoms with E-state index in [4.69, 9.17) is 10.1 Å². The van der Waals surface area contributed by atoms with E-state index in [1.165, 1.54) is 22.8 Å². The summed E-state index contributed by atoms with van der Waals surface area (Å²) in [6.07, 6.45) is 0. The van der Waals surface area contributed by atoms with Crippen molar-refractivity contribution in [2.45, 2.75) is 20.4 Å². The molecule has 11 nitrogen and oxygen atoms in total. The van der Waals surface area contributed by atoms with Crippen molar-refractivity contribution in [1.82, 2.24) is 24.8 Å². The van der Waals surface area contributed by atoms with Crippen LogP contribution in [0.1, 0.15) is 38.9 Å². The van der Waals surface area contributed by atoms with E-state index in [-0.39, 0.29) is 29.5 Å². The maximum Gasteiger partial charge on any atom is 0.335 e. The van der Waals surface area contributed by atoms with Crippen LogP contribution in [-0.2, 0) is 11.3 Å². The molecule has 2 aromatic carbocycles. The first-order valence-corrected chi connectivity index (χ1v) is 12.8. The van der Waals surface area contributed by atoms with Crippen molar-refractivity contribution in [2.24, 2.45) is 0 Å². The third-order valence-corrected chi connectivity index (χ3v) is 6.98. The molecular formula is C29H28N6O5. The quantitative estimate of drug-likeness (QED) is 0.380. The summed E-state index contributed by atoms with van der Waals surface area (Å²) in [6, 6.07) is 16.1. The SMILES string of the molecule is CC(=O)N1CCN(c2nc(C)c3ccc(=O)n(-c4ccc(C(=O)NCc5ccc(C(=O)O)cc5)cc4)c3n2)CC1. The number of aromatic carboxylic acids is 1. The maximum absolute atomic E-state index is 13.0. The lowest BCUT2D eigenvalue weighted by Gasteiger charge is -2.34. The third-order valence-electron chi connectivity index (χ3n) is 6.98. The third kappa shape index (κ3) is 5.39. The van der Waals surface area contributed by atoms with Gasteiger partial charge in [-0.05, 0) is 55.0 Å². The average Bonchev–Trinajstić information content (AvgIpc) is 2.96. The second-order valence-corrected chi connectivity index (χ2v) is 9.58. The lowest BCUT2D eigenvalue weighted by Crippen LogP contribution is -2.48. The van der Waals surface area contributed by atoms with Gasteiger partial charge >= 0.3 is 5.97 Å². The number of hydrogen-bond donors (Lipinski definition) is 2. The first kappa shape index (κ1) is 26.5. The Hall–Kier alpha value is -5.06. The highest BCUT2D eigenvalue weighted by Gasteiger charge is 2.22. The van der Waals surface area contributed by atoms with Crippen molar-refractivity contribution in [3.05, 3.63) is 93.4 Å². The highest BCUT2D eigenvalue weighted by molar-refractivity contribution is 5.94. The second kappa shape index (κ2) is 11.0. The number of carbonyl (C=O) groups excluding carboxylic acids is 2. The van der Waals surface area contributed by atoms with Crippen LogP contribution >= 0.6 is 0 Å². The molecule has 0 atom stereocenters. The summed E-state index contributed by atoms with van der Waals surface area (Å²) in [4.78, 5) is 61.7. The molecule has 1 aliphatic rings. The van der Waals surface area contributed by atoms with Crippen molar-refractivity contribution in [2.75, 3.05) is 31.1 Å². The Bertz CT molecular complexity index is 1660. The Kier molecular flexibility index (Phi) is 7.28. The second-order valence-electron chi connectivity index (χ2n) is 9.58. The van der Waals surface area contributed by atoms with E-state index in [1.54, 1.807) is 54.3 Å². The highest BCUT2D eigenvalue weighted by atomic mass is 16.4. The topological polar surface area (TPSA) is 138 Å². The summed E-state index contributed by atoms with van der Waals surface area (Å²) in [5, 5.41) is 12.6. The molecule has 2 aromatic heterocycles. The number of benzene rings is 2. The summed E-state index contributed by atoms with van der Waals surface area (Å²) >= 11 is 0. The van der Waals surface area contributed by atoms with Crippen molar-refractivity contribution in [1.29, 1.82) is 0 Å². The van der Waals surface area contributed by atoms with Crippen molar-refractivity contribution >= 4 is 34.8 Å². The van der Waals surface area contributed by atoms with E-state index in [0.29, 0.717) is 49.0 Å². The number of nitrogens with zero attached hydrogens (tertiary/aromatic N) is 5. The Morgan fingerprint density at radius 1 is 0.875 bits per heavy atom. The summed E-state index contributed by atoms with van der Waals surface area (Å²) < 4.78 is 1.50. The van der Waals surface area contributed by atoms with E-state index in [1.807, 2.05) is 11.8 Å². The van der Waals surface area contributed by atoms with Crippen molar-refractivity contribution in [3.63, 3.8) is 0 Å². The molecule has 1 aliphatic heterocycles. The minimum Gasteiger partial charge on any atom is -0.478 e. The van der Waals surface area contributed by atoms with E-state index < -0.39 is 5.97 Å². The van der Waals surface area contributed by atoms with Crippen molar-refractivity contribution < 1.29 is 19.5 Å². The predicted molar refractivity (Wildman–Crippen MR) is 149 cm³/mol. The Labute approximate surface area is 229 Å². The van der Waals surface area contributed by atoms with Gasteiger partial charge in [0.2, 0.25) is 11.9 Å². The Morgan fingerprint density at radius 3 is 2.15 bits per heavy atom. The number of hydrogen-bond acceptors (Lipinski definition) is 7. The Morgan fingerprint density at radius 2 is 1.52 bits per heavy atom. The minimum atomic E-state index is -1.01. The van der Waals surface area contributed by atoms with Crippen LogP contribution < -0.4 is 15.8 Å². The number of nitrogens with one attached hydrogen (secondary N) is 1. The lowest BCUT2D eigenvalue weighted by molar-refractivity contribution is -0.129. The molecule has 40 heavy (non-hydrogen) atoms. The zero-order chi connectivity index (χ0) is 28.4. The van der Waals surface area contributed by atoms with Gasteiger partial charge in [-0.2, -0.15) is 4.98 Å². The summed E-state index contributed by atoms with van der Waals surface area (Å²) in [6.45, 7) is 6.01. The number of amides is 2. The van der Waals surface area contributed by atoms with Crippen LogP contribution in [0.15, 0.2) is 65.5 Å². The maximum atomic E-state index is 13.0. The van der Waals surface area contributed by atoms with Crippen LogP contribution in [0.2, 0.25) is 0 Å². The fourth-order valence-corrected chi connectivity index (χ4v) is 4.67. The van der Waals surface area contributed by atoms with Gasteiger partial charge in [-0.15, -0.1) is 0 Å². The van der Waals surface area contributed by atoms with E-state index in [9.17, 15) is 19.2 Å². The molecule has 1 saturated heterocycles. The number of rotatable bonds is 6. The molecule has 0 aliphatic carbocycles. The molecule has 0 radical (unpaired) electrons. The number of anilines is 1. The Balaban J connectivity index is 1.38. The predicted octanol–water partition coefficient (Wildman–Crippen LogP) is 2.39. The molecule has 2 amide bonds. The number of aryl methyl sites for hydroxylation is 1. The number of carbonyl (C=O) groups is 3. The first-order valence-electron chi connectivity index (χ1n) is 12.8. The van der Waals surface area contributed by atoms with Crippen LogP contribution in [0, 0.1) is 6.92 Å². The molecule has 4 aromatic rings. The van der Waals surface area contributed by atoms with Gasteiger partial charge < -0.3 is 20.2 Å². The fraction of sp³-hybridized carbons (Fsp3) is 0.241. The lowest BCUT2D eigenvalue weighted by atomic mass is 10.1. The molecule has 0 unspecified atom stereocenters. The highest BCUT2D eigenvalue weighted by Crippen LogP contribution is 2.22. The number of fused-ring (bicyclic) bond motifs is 1. The largest absolute Gasteiger partial charge is 0.478 e. The minimum absolute atomic E-state index is 0.0376. The monoisotopic (exact) mass is 540 g/mol. The molecule has 5 rings (SSSR count).